The second kappa shape index (κ2) is 10.3. The van der Waals surface area contributed by atoms with Crippen LogP contribution >= 0.6 is 11.8 Å². The molecule has 11 heteroatoms. The Bertz CT molecular complexity index is 1210. The predicted molar refractivity (Wildman–Crippen MR) is 125 cm³/mol. The summed E-state index contributed by atoms with van der Waals surface area (Å²) in [6.07, 6.45) is 0. The van der Waals surface area contributed by atoms with E-state index >= 15 is 0 Å². The van der Waals surface area contributed by atoms with E-state index in [1.165, 1.54) is 37.1 Å². The first-order valence-corrected chi connectivity index (χ1v) is 11.1. The highest BCUT2D eigenvalue weighted by atomic mass is 32.2. The smallest absolute Gasteiger partial charge is 0.338 e. The first kappa shape index (κ1) is 24.1. The molecule has 33 heavy (non-hydrogen) atoms. The number of rotatable bonds is 9. The Morgan fingerprint density at radius 3 is 2.64 bits per heavy atom. The van der Waals surface area contributed by atoms with Gasteiger partial charge in [-0.1, -0.05) is 11.8 Å². The van der Waals surface area contributed by atoms with Gasteiger partial charge in [0.2, 0.25) is 5.91 Å². The van der Waals surface area contributed by atoms with Gasteiger partial charge in [0.1, 0.15) is 5.75 Å². The number of carbonyl (C=O) groups excluding carboxylic acids is 2. The molecule has 2 aromatic carbocycles. The van der Waals surface area contributed by atoms with Gasteiger partial charge in [-0.25, -0.2) is 9.78 Å². The summed E-state index contributed by atoms with van der Waals surface area (Å²) in [6, 6.07) is 9.16. The van der Waals surface area contributed by atoms with E-state index in [9.17, 15) is 19.7 Å². The Morgan fingerprint density at radius 1 is 1.24 bits per heavy atom. The van der Waals surface area contributed by atoms with Crippen LogP contribution in [0.25, 0.3) is 11.0 Å². The molecule has 0 fully saturated rings. The van der Waals surface area contributed by atoms with E-state index in [1.54, 1.807) is 32.0 Å². The van der Waals surface area contributed by atoms with Crippen LogP contribution in [0.1, 0.15) is 31.1 Å². The van der Waals surface area contributed by atoms with Crippen molar-refractivity contribution in [1.29, 1.82) is 0 Å². The molecule has 0 aliphatic carbocycles. The van der Waals surface area contributed by atoms with Gasteiger partial charge in [-0.15, -0.1) is 0 Å². The molecule has 1 unspecified atom stereocenters. The van der Waals surface area contributed by atoms with Gasteiger partial charge in [-0.3, -0.25) is 14.9 Å². The molecule has 10 nitrogen and oxygen atoms in total. The van der Waals surface area contributed by atoms with Gasteiger partial charge in [0.05, 0.1) is 46.2 Å². The molecule has 0 saturated heterocycles. The Labute approximate surface area is 194 Å². The first-order chi connectivity index (χ1) is 15.8. The number of thioether (sulfide) groups is 1. The molecule has 0 spiro atoms. The molecule has 1 N–H and O–H groups in total. The molecule has 3 rings (SSSR count). The van der Waals surface area contributed by atoms with E-state index in [-0.39, 0.29) is 23.9 Å². The number of aromatic nitrogens is 2. The van der Waals surface area contributed by atoms with Crippen molar-refractivity contribution < 1.29 is 24.0 Å². The van der Waals surface area contributed by atoms with Crippen molar-refractivity contribution >= 4 is 46.0 Å². The maximum absolute atomic E-state index is 12.8. The van der Waals surface area contributed by atoms with Crippen LogP contribution in [0.3, 0.4) is 0 Å². The number of anilines is 1. The molecule has 0 saturated carbocycles. The van der Waals surface area contributed by atoms with Crippen LogP contribution in [0.5, 0.6) is 5.75 Å². The van der Waals surface area contributed by atoms with E-state index in [4.69, 9.17) is 9.47 Å². The summed E-state index contributed by atoms with van der Waals surface area (Å²) in [5.41, 5.74) is 1.92. The first-order valence-electron chi connectivity index (χ1n) is 10.3. The molecule has 1 amide bonds. The molecule has 0 aliphatic rings. The summed E-state index contributed by atoms with van der Waals surface area (Å²) in [6.45, 7) is 6.32. The van der Waals surface area contributed by atoms with Crippen LogP contribution in [0, 0.1) is 10.1 Å². The van der Waals surface area contributed by atoms with Crippen molar-refractivity contribution in [3.8, 4) is 5.75 Å². The monoisotopic (exact) mass is 472 g/mol. The van der Waals surface area contributed by atoms with Crippen molar-refractivity contribution in [3.63, 3.8) is 0 Å². The Morgan fingerprint density at radius 2 is 2.00 bits per heavy atom. The number of fused-ring (bicyclic) bond motifs is 1. The van der Waals surface area contributed by atoms with E-state index < -0.39 is 16.1 Å². The second-order valence-electron chi connectivity index (χ2n) is 6.95. The topological polar surface area (TPSA) is 126 Å². The van der Waals surface area contributed by atoms with Crippen LogP contribution in [-0.2, 0) is 16.1 Å². The number of hydrogen-bond donors (Lipinski definition) is 1. The Kier molecular flexibility index (Phi) is 7.54. The molecule has 0 radical (unpaired) electrons. The highest BCUT2D eigenvalue weighted by Gasteiger charge is 2.22. The molecule has 174 valence electrons. The third-order valence-corrected chi connectivity index (χ3v) is 5.93. The third-order valence-electron chi connectivity index (χ3n) is 4.84. The van der Waals surface area contributed by atoms with Crippen LogP contribution in [0.15, 0.2) is 41.6 Å². The van der Waals surface area contributed by atoms with Gasteiger partial charge in [0, 0.05) is 18.7 Å². The number of nitrogens with one attached hydrogen (secondary N) is 1. The molecular weight excluding hydrogens is 448 g/mol. The minimum absolute atomic E-state index is 0.156. The second-order valence-corrected chi connectivity index (χ2v) is 8.26. The van der Waals surface area contributed by atoms with Crippen LogP contribution in [0.4, 0.5) is 11.4 Å². The van der Waals surface area contributed by atoms with Crippen LogP contribution in [0.2, 0.25) is 0 Å². The number of hydrogen-bond acceptors (Lipinski definition) is 8. The minimum Gasteiger partial charge on any atom is -0.495 e. The van der Waals surface area contributed by atoms with Crippen LogP contribution < -0.4 is 10.1 Å². The lowest BCUT2D eigenvalue weighted by Gasteiger charge is -2.14. The van der Waals surface area contributed by atoms with Gasteiger partial charge in [-0.2, -0.15) is 0 Å². The number of esters is 1. The van der Waals surface area contributed by atoms with Crippen molar-refractivity contribution in [2.45, 2.75) is 37.7 Å². The molecule has 0 bridgehead atoms. The van der Waals surface area contributed by atoms with Gasteiger partial charge < -0.3 is 19.4 Å². The van der Waals surface area contributed by atoms with Crippen molar-refractivity contribution in [2.24, 2.45) is 0 Å². The van der Waals surface area contributed by atoms with E-state index in [0.29, 0.717) is 28.5 Å². The number of imidazole rings is 1. The normalized spacial score (nSPS) is 11.8. The minimum atomic E-state index is -0.569. The van der Waals surface area contributed by atoms with Gasteiger partial charge in [0.25, 0.3) is 5.69 Å². The summed E-state index contributed by atoms with van der Waals surface area (Å²) in [4.78, 5) is 40.0. The lowest BCUT2D eigenvalue weighted by Crippen LogP contribution is -2.23. The van der Waals surface area contributed by atoms with Gasteiger partial charge >= 0.3 is 5.97 Å². The number of nitrogens with zero attached hydrogens (tertiary/aromatic N) is 3. The SMILES string of the molecule is CCOC(=O)c1ccc2c(c1)nc(SC(C)C(=O)Nc1cc([N+](=O)[O-])ccc1OC)n2CC. The third kappa shape index (κ3) is 5.25. The number of aryl methyl sites for hydroxylation is 1. The summed E-state index contributed by atoms with van der Waals surface area (Å²) < 4.78 is 12.2. The number of carbonyl (C=O) groups is 2. The zero-order chi connectivity index (χ0) is 24.1. The van der Waals surface area contributed by atoms with Crippen molar-refractivity contribution in [3.05, 3.63) is 52.1 Å². The fourth-order valence-electron chi connectivity index (χ4n) is 3.20. The molecule has 0 aliphatic heterocycles. The van der Waals surface area contributed by atoms with Crippen LogP contribution in [-0.4, -0.2) is 45.3 Å². The Hall–Kier alpha value is -3.60. The van der Waals surface area contributed by atoms with Crippen molar-refractivity contribution in [1.82, 2.24) is 9.55 Å². The number of ether oxygens (including phenoxy) is 2. The summed E-state index contributed by atoms with van der Waals surface area (Å²) in [5, 5.41) is 13.8. The summed E-state index contributed by atoms with van der Waals surface area (Å²) in [5.74, 6) is -0.461. The molecule has 1 aromatic heterocycles. The van der Waals surface area contributed by atoms with Crippen molar-refractivity contribution in [2.75, 3.05) is 19.0 Å². The maximum Gasteiger partial charge on any atom is 0.338 e. The quantitative estimate of drug-likeness (QED) is 0.212. The number of methoxy groups -OCH3 is 1. The number of non-ortho nitro benzene ring substituents is 1. The fourth-order valence-corrected chi connectivity index (χ4v) is 4.19. The molecule has 1 heterocycles. The number of nitro benzene ring substituents is 1. The largest absolute Gasteiger partial charge is 0.495 e. The Balaban J connectivity index is 1.83. The van der Waals surface area contributed by atoms with Gasteiger partial charge in [-0.05, 0) is 45.0 Å². The lowest BCUT2D eigenvalue weighted by atomic mass is 10.2. The number of nitro groups is 1. The molecular formula is C22H24N4O6S. The van der Waals surface area contributed by atoms with E-state index in [0.717, 1.165) is 5.52 Å². The predicted octanol–water partition coefficient (Wildman–Crippen LogP) is 4.27. The van der Waals surface area contributed by atoms with E-state index in [1.807, 2.05) is 11.5 Å². The zero-order valence-corrected chi connectivity index (χ0v) is 19.5. The fraction of sp³-hybridized carbons (Fsp3) is 0.318. The molecule has 3 aromatic rings. The maximum atomic E-state index is 12.8. The zero-order valence-electron chi connectivity index (χ0n) is 18.7. The number of benzene rings is 2. The lowest BCUT2D eigenvalue weighted by molar-refractivity contribution is -0.384. The number of amides is 1. The highest BCUT2D eigenvalue weighted by molar-refractivity contribution is 8.00. The van der Waals surface area contributed by atoms with E-state index in [2.05, 4.69) is 10.3 Å². The molecule has 1 atom stereocenters. The van der Waals surface area contributed by atoms with Gasteiger partial charge in [0.15, 0.2) is 5.16 Å². The summed E-state index contributed by atoms with van der Waals surface area (Å²) >= 11 is 1.25. The average Bonchev–Trinajstić information content (AvgIpc) is 3.14. The highest BCUT2D eigenvalue weighted by Crippen LogP contribution is 2.32. The standard InChI is InChI=1S/C22H24N4O6S/c1-5-25-18-9-7-14(21(28)32-6-2)11-16(18)24-22(25)33-13(3)20(27)23-17-12-15(26(29)30)8-10-19(17)31-4/h7-13H,5-6H2,1-4H3,(H,23,27). The average molecular weight is 473 g/mol. The summed E-state index contributed by atoms with van der Waals surface area (Å²) in [7, 11) is 1.42.